The molecule has 2 aromatic carbocycles. The van der Waals surface area contributed by atoms with Gasteiger partial charge in [-0.15, -0.1) is 6.58 Å². The van der Waals surface area contributed by atoms with E-state index in [0.717, 1.165) is 72.1 Å². The Kier molecular flexibility index (Phi) is 6.12. The standard InChI is InChI=1S/C25H28N6S/c1-2-15-32-25-29-22-23(20-5-3-4-6-21(20)28-24(22)26)31(25)17-19-9-7-18(8-10-19)16-30-13-11-27-12-14-30/h2-10,27H,1,11-17H2,(H2,26,28). The number of fused-ring (bicyclic) bond motifs is 3. The number of pyridine rings is 1. The van der Waals surface area contributed by atoms with Crippen molar-refractivity contribution in [2.75, 3.05) is 37.7 Å². The minimum absolute atomic E-state index is 0.476. The van der Waals surface area contributed by atoms with Crippen molar-refractivity contribution >= 4 is 39.5 Å². The van der Waals surface area contributed by atoms with E-state index in [1.54, 1.807) is 11.8 Å². The summed E-state index contributed by atoms with van der Waals surface area (Å²) in [5.74, 6) is 1.27. The van der Waals surface area contributed by atoms with Crippen LogP contribution in [0, 0.1) is 0 Å². The van der Waals surface area contributed by atoms with E-state index >= 15 is 0 Å². The molecule has 0 unspecified atom stereocenters. The number of anilines is 1. The number of imidazole rings is 1. The first-order valence-corrected chi connectivity index (χ1v) is 12.0. The number of aromatic nitrogens is 3. The largest absolute Gasteiger partial charge is 0.382 e. The van der Waals surface area contributed by atoms with Gasteiger partial charge in [-0.05, 0) is 17.2 Å². The lowest BCUT2D eigenvalue weighted by atomic mass is 10.1. The second kappa shape index (κ2) is 9.32. The Hall–Kier alpha value is -2.87. The Balaban J connectivity index is 1.50. The highest BCUT2D eigenvalue weighted by Gasteiger charge is 2.18. The second-order valence-electron chi connectivity index (χ2n) is 8.13. The van der Waals surface area contributed by atoms with Gasteiger partial charge in [-0.1, -0.05) is 60.3 Å². The van der Waals surface area contributed by atoms with Crippen molar-refractivity contribution in [1.82, 2.24) is 24.8 Å². The van der Waals surface area contributed by atoms with Gasteiger partial charge in [0.05, 0.1) is 17.6 Å². The summed E-state index contributed by atoms with van der Waals surface area (Å²) in [6.07, 6.45) is 1.90. The number of nitrogens with zero attached hydrogens (tertiary/aromatic N) is 4. The van der Waals surface area contributed by atoms with Gasteiger partial charge in [-0.3, -0.25) is 4.90 Å². The first-order valence-electron chi connectivity index (χ1n) is 11.0. The third-order valence-corrected chi connectivity index (χ3v) is 6.86. The first-order chi connectivity index (χ1) is 15.7. The molecule has 2 aromatic heterocycles. The van der Waals surface area contributed by atoms with Crippen LogP contribution in [0.1, 0.15) is 11.1 Å². The molecule has 1 saturated heterocycles. The summed E-state index contributed by atoms with van der Waals surface area (Å²) in [5, 5.41) is 5.43. The SMILES string of the molecule is C=CCSc1nc2c(N)nc3ccccc3c2n1Cc1ccc(CN2CCNCC2)cc1. The highest BCUT2D eigenvalue weighted by Crippen LogP contribution is 2.32. The van der Waals surface area contributed by atoms with E-state index < -0.39 is 0 Å². The third-order valence-electron chi connectivity index (χ3n) is 5.89. The topological polar surface area (TPSA) is 72.0 Å². The Morgan fingerprint density at radius 3 is 2.47 bits per heavy atom. The number of para-hydroxylation sites is 1. The van der Waals surface area contributed by atoms with Crippen molar-refractivity contribution in [2.45, 2.75) is 18.2 Å². The Bertz CT molecular complexity index is 1240. The van der Waals surface area contributed by atoms with Crippen LogP contribution in [0.2, 0.25) is 0 Å². The number of nitrogens with two attached hydrogens (primary N) is 1. The van der Waals surface area contributed by atoms with Crippen LogP contribution in [0.25, 0.3) is 21.9 Å². The van der Waals surface area contributed by atoms with Crippen molar-refractivity contribution < 1.29 is 0 Å². The summed E-state index contributed by atoms with van der Waals surface area (Å²) in [6, 6.07) is 17.1. The van der Waals surface area contributed by atoms with Crippen molar-refractivity contribution in [1.29, 1.82) is 0 Å². The molecule has 1 aliphatic heterocycles. The Labute approximate surface area is 192 Å². The Morgan fingerprint density at radius 2 is 1.72 bits per heavy atom. The maximum atomic E-state index is 6.31. The summed E-state index contributed by atoms with van der Waals surface area (Å²) >= 11 is 1.67. The number of piperazine rings is 1. The molecule has 5 rings (SSSR count). The van der Waals surface area contributed by atoms with Crippen LogP contribution in [0.5, 0.6) is 0 Å². The fraction of sp³-hybridized carbons (Fsp3) is 0.280. The van der Waals surface area contributed by atoms with Gasteiger partial charge in [0.1, 0.15) is 5.52 Å². The number of nitrogens with one attached hydrogen (secondary N) is 1. The summed E-state index contributed by atoms with van der Waals surface area (Å²) < 4.78 is 2.27. The monoisotopic (exact) mass is 444 g/mol. The molecule has 0 radical (unpaired) electrons. The molecule has 3 heterocycles. The molecule has 32 heavy (non-hydrogen) atoms. The fourth-order valence-corrected chi connectivity index (χ4v) is 5.02. The summed E-state index contributed by atoms with van der Waals surface area (Å²) in [4.78, 5) is 11.9. The number of hydrogen-bond donors (Lipinski definition) is 2. The van der Waals surface area contributed by atoms with Crippen molar-refractivity contribution in [3.05, 3.63) is 72.3 Å². The molecule has 0 saturated carbocycles. The molecule has 0 aliphatic carbocycles. The minimum Gasteiger partial charge on any atom is -0.382 e. The molecule has 3 N–H and O–H groups in total. The quantitative estimate of drug-likeness (QED) is 0.333. The molecule has 0 spiro atoms. The van der Waals surface area contributed by atoms with Crippen LogP contribution < -0.4 is 11.1 Å². The summed E-state index contributed by atoms with van der Waals surface area (Å²) in [6.45, 7) is 9.96. The van der Waals surface area contributed by atoms with Gasteiger partial charge in [0.25, 0.3) is 0 Å². The van der Waals surface area contributed by atoms with Crippen molar-refractivity contribution in [2.24, 2.45) is 0 Å². The number of benzene rings is 2. The molecule has 7 heteroatoms. The molecule has 0 atom stereocenters. The van der Waals surface area contributed by atoms with Gasteiger partial charge in [0.15, 0.2) is 11.0 Å². The molecule has 164 valence electrons. The lowest BCUT2D eigenvalue weighted by molar-refractivity contribution is 0.233. The van der Waals surface area contributed by atoms with E-state index in [4.69, 9.17) is 10.7 Å². The van der Waals surface area contributed by atoms with Crippen LogP contribution in [0.3, 0.4) is 0 Å². The first kappa shape index (κ1) is 21.0. The highest BCUT2D eigenvalue weighted by atomic mass is 32.2. The normalized spacial score (nSPS) is 14.9. The maximum absolute atomic E-state index is 6.31. The van der Waals surface area contributed by atoms with Crippen LogP contribution in [0.4, 0.5) is 5.82 Å². The van der Waals surface area contributed by atoms with E-state index in [2.05, 4.69) is 56.7 Å². The molecule has 0 bridgehead atoms. The van der Waals surface area contributed by atoms with Crippen molar-refractivity contribution in [3.63, 3.8) is 0 Å². The third kappa shape index (κ3) is 4.24. The number of nitrogen functional groups attached to an aromatic ring is 1. The second-order valence-corrected chi connectivity index (χ2v) is 9.12. The van der Waals surface area contributed by atoms with Gasteiger partial charge >= 0.3 is 0 Å². The molecule has 1 fully saturated rings. The predicted molar refractivity (Wildman–Crippen MR) is 134 cm³/mol. The minimum atomic E-state index is 0.476. The summed E-state index contributed by atoms with van der Waals surface area (Å²) in [7, 11) is 0. The molecule has 1 aliphatic rings. The highest BCUT2D eigenvalue weighted by molar-refractivity contribution is 7.99. The summed E-state index contributed by atoms with van der Waals surface area (Å²) in [5.41, 5.74) is 11.6. The van der Waals surface area contributed by atoms with Crippen LogP contribution >= 0.6 is 11.8 Å². The lowest BCUT2D eigenvalue weighted by Gasteiger charge is -2.27. The molecular formula is C25H28N6S. The molecule has 4 aromatic rings. The van der Waals surface area contributed by atoms with Crippen LogP contribution in [-0.4, -0.2) is 51.4 Å². The fourth-order valence-electron chi connectivity index (χ4n) is 4.29. The van der Waals surface area contributed by atoms with E-state index in [1.165, 1.54) is 11.1 Å². The average Bonchev–Trinajstić information content (AvgIpc) is 3.19. The zero-order valence-corrected chi connectivity index (χ0v) is 18.9. The maximum Gasteiger partial charge on any atom is 0.169 e. The number of rotatable bonds is 7. The zero-order chi connectivity index (χ0) is 21.9. The van der Waals surface area contributed by atoms with E-state index in [-0.39, 0.29) is 0 Å². The Morgan fingerprint density at radius 1 is 1.00 bits per heavy atom. The van der Waals surface area contributed by atoms with Crippen molar-refractivity contribution in [3.8, 4) is 0 Å². The predicted octanol–water partition coefficient (Wildman–Crippen LogP) is 3.90. The molecule has 6 nitrogen and oxygen atoms in total. The number of thioether (sulfide) groups is 1. The van der Waals surface area contributed by atoms with Gasteiger partial charge in [-0.2, -0.15) is 0 Å². The van der Waals surface area contributed by atoms with Gasteiger partial charge in [-0.25, -0.2) is 9.97 Å². The van der Waals surface area contributed by atoms with E-state index in [1.807, 2.05) is 24.3 Å². The smallest absolute Gasteiger partial charge is 0.169 e. The average molecular weight is 445 g/mol. The van der Waals surface area contributed by atoms with Crippen LogP contribution in [-0.2, 0) is 13.1 Å². The van der Waals surface area contributed by atoms with Crippen LogP contribution in [0.15, 0.2) is 66.3 Å². The lowest BCUT2D eigenvalue weighted by Crippen LogP contribution is -2.42. The van der Waals surface area contributed by atoms with E-state index in [9.17, 15) is 0 Å². The van der Waals surface area contributed by atoms with Gasteiger partial charge in [0.2, 0.25) is 0 Å². The van der Waals surface area contributed by atoms with E-state index in [0.29, 0.717) is 5.82 Å². The number of hydrogen-bond acceptors (Lipinski definition) is 6. The van der Waals surface area contributed by atoms with Gasteiger partial charge < -0.3 is 15.6 Å². The van der Waals surface area contributed by atoms with Gasteiger partial charge in [0, 0.05) is 43.9 Å². The molecular weight excluding hydrogens is 416 g/mol. The zero-order valence-electron chi connectivity index (χ0n) is 18.1. The molecule has 0 amide bonds.